The Labute approximate surface area is 120 Å². The van der Waals surface area contributed by atoms with Gasteiger partial charge in [0.05, 0.1) is 9.95 Å². The smallest absolute Gasteiger partial charge is 0.292 e. The summed E-state index contributed by atoms with van der Waals surface area (Å²) in [5, 5.41) is 14.0. The first-order valence-corrected chi connectivity index (χ1v) is 6.31. The van der Waals surface area contributed by atoms with E-state index in [2.05, 4.69) is 5.32 Å². The minimum absolute atomic E-state index is 0.0196. The van der Waals surface area contributed by atoms with E-state index >= 15 is 0 Å². The van der Waals surface area contributed by atoms with Gasteiger partial charge in [0, 0.05) is 12.1 Å². The van der Waals surface area contributed by atoms with Crippen molar-refractivity contribution < 1.29 is 9.31 Å². The van der Waals surface area contributed by atoms with Crippen LogP contribution in [0.25, 0.3) is 0 Å². The lowest BCUT2D eigenvalue weighted by Gasteiger charge is -2.16. The molecule has 0 spiro atoms. The molecule has 0 bridgehead atoms. The van der Waals surface area contributed by atoms with Crippen molar-refractivity contribution in [2.45, 2.75) is 13.0 Å². The summed E-state index contributed by atoms with van der Waals surface area (Å²) in [5.74, 6) is -0.514. The predicted octanol–water partition coefficient (Wildman–Crippen LogP) is 4.56. The summed E-state index contributed by atoms with van der Waals surface area (Å²) >= 11 is 5.63. The molecule has 0 fully saturated rings. The molecule has 0 aliphatic heterocycles. The van der Waals surface area contributed by atoms with Crippen molar-refractivity contribution in [1.29, 1.82) is 0 Å². The molecule has 6 heteroatoms. The third-order valence-corrected chi connectivity index (χ3v) is 3.22. The van der Waals surface area contributed by atoms with E-state index in [1.54, 1.807) is 31.2 Å². The Hall–Kier alpha value is -2.14. The second-order valence-electron chi connectivity index (χ2n) is 4.31. The molecule has 2 aromatic rings. The molecule has 0 amide bonds. The number of nitro benzene ring substituents is 1. The van der Waals surface area contributed by atoms with E-state index in [4.69, 9.17) is 11.6 Å². The quantitative estimate of drug-likeness (QED) is 0.664. The second kappa shape index (κ2) is 5.88. The Morgan fingerprint density at radius 2 is 2.00 bits per heavy atom. The van der Waals surface area contributed by atoms with Gasteiger partial charge in [-0.2, -0.15) is 0 Å². The zero-order chi connectivity index (χ0) is 14.7. The topological polar surface area (TPSA) is 55.2 Å². The summed E-state index contributed by atoms with van der Waals surface area (Å²) in [7, 11) is 0. The van der Waals surface area contributed by atoms with Crippen molar-refractivity contribution in [2.75, 3.05) is 5.32 Å². The molecular formula is C14H12ClFN2O2. The molecular weight excluding hydrogens is 283 g/mol. The van der Waals surface area contributed by atoms with Crippen LogP contribution in [0.5, 0.6) is 0 Å². The van der Waals surface area contributed by atoms with Crippen molar-refractivity contribution in [2.24, 2.45) is 0 Å². The van der Waals surface area contributed by atoms with Crippen LogP contribution in [0, 0.1) is 15.9 Å². The number of nitrogens with one attached hydrogen (secondary N) is 1. The number of hydrogen-bond acceptors (Lipinski definition) is 3. The minimum atomic E-state index is -0.514. The summed E-state index contributed by atoms with van der Waals surface area (Å²) in [5.41, 5.74) is 1.03. The molecule has 0 saturated carbocycles. The molecule has 20 heavy (non-hydrogen) atoms. The highest BCUT2D eigenvalue weighted by Crippen LogP contribution is 2.28. The maximum Gasteiger partial charge on any atom is 0.292 e. The Balaban J connectivity index is 2.25. The lowest BCUT2D eigenvalue weighted by molar-refractivity contribution is -0.384. The predicted molar refractivity (Wildman–Crippen MR) is 76.5 cm³/mol. The van der Waals surface area contributed by atoms with Gasteiger partial charge in [-0.25, -0.2) is 4.39 Å². The van der Waals surface area contributed by atoms with E-state index in [1.807, 2.05) is 0 Å². The maximum absolute atomic E-state index is 13.4. The zero-order valence-corrected chi connectivity index (χ0v) is 11.4. The van der Waals surface area contributed by atoms with Gasteiger partial charge in [-0.15, -0.1) is 0 Å². The van der Waals surface area contributed by atoms with Gasteiger partial charge in [0.15, 0.2) is 0 Å². The summed E-state index contributed by atoms with van der Waals surface area (Å²) in [6.45, 7) is 1.79. The summed E-state index contributed by atoms with van der Waals surface area (Å²) < 4.78 is 13.4. The van der Waals surface area contributed by atoms with E-state index in [0.717, 1.165) is 0 Å². The van der Waals surface area contributed by atoms with Gasteiger partial charge < -0.3 is 5.32 Å². The number of anilines is 1. The normalized spacial score (nSPS) is 11.9. The van der Waals surface area contributed by atoms with Crippen LogP contribution >= 0.6 is 11.6 Å². The lowest BCUT2D eigenvalue weighted by Crippen LogP contribution is -2.08. The highest BCUT2D eigenvalue weighted by atomic mass is 35.5. The van der Waals surface area contributed by atoms with E-state index < -0.39 is 10.7 Å². The van der Waals surface area contributed by atoms with Crippen molar-refractivity contribution in [1.82, 2.24) is 0 Å². The molecule has 0 aliphatic rings. The maximum atomic E-state index is 13.4. The van der Waals surface area contributed by atoms with Crippen LogP contribution in [-0.2, 0) is 0 Å². The number of hydrogen-bond donors (Lipinski definition) is 1. The van der Waals surface area contributed by atoms with E-state index in [0.29, 0.717) is 11.3 Å². The fourth-order valence-electron chi connectivity index (χ4n) is 1.85. The van der Waals surface area contributed by atoms with Crippen LogP contribution in [0.1, 0.15) is 18.5 Å². The molecule has 1 unspecified atom stereocenters. The molecule has 0 aromatic heterocycles. The number of nitro groups is 1. The fourth-order valence-corrected chi connectivity index (χ4v) is 1.97. The van der Waals surface area contributed by atoms with E-state index in [9.17, 15) is 14.5 Å². The van der Waals surface area contributed by atoms with Gasteiger partial charge in [-0.3, -0.25) is 10.1 Å². The summed E-state index contributed by atoms with van der Waals surface area (Å²) in [4.78, 5) is 10.5. The van der Waals surface area contributed by atoms with Crippen LogP contribution in [0.15, 0.2) is 42.5 Å². The minimum Gasteiger partial charge on any atom is -0.373 e. The van der Waals surface area contributed by atoms with Crippen molar-refractivity contribution in [3.05, 3.63) is 69.0 Å². The van der Waals surface area contributed by atoms with Crippen molar-refractivity contribution >= 4 is 23.0 Å². The van der Waals surface area contributed by atoms with Gasteiger partial charge >= 0.3 is 0 Å². The van der Waals surface area contributed by atoms with E-state index in [-0.39, 0.29) is 16.8 Å². The number of rotatable bonds is 4. The first-order chi connectivity index (χ1) is 9.49. The van der Waals surface area contributed by atoms with Crippen LogP contribution < -0.4 is 5.32 Å². The lowest BCUT2D eigenvalue weighted by atomic mass is 10.1. The third kappa shape index (κ3) is 3.05. The highest BCUT2D eigenvalue weighted by Gasteiger charge is 2.15. The number of nitrogens with zero attached hydrogens (tertiary/aromatic N) is 1. The first-order valence-electron chi connectivity index (χ1n) is 5.94. The molecule has 0 saturated heterocycles. The Bertz CT molecular complexity index is 649. The Morgan fingerprint density at radius 1 is 1.30 bits per heavy atom. The monoisotopic (exact) mass is 294 g/mol. The number of benzene rings is 2. The van der Waals surface area contributed by atoms with Gasteiger partial charge in [-0.1, -0.05) is 29.8 Å². The average molecular weight is 295 g/mol. The van der Waals surface area contributed by atoms with Crippen LogP contribution in [0.2, 0.25) is 5.02 Å². The van der Waals surface area contributed by atoms with E-state index in [1.165, 1.54) is 18.2 Å². The van der Waals surface area contributed by atoms with Crippen LogP contribution in [0.3, 0.4) is 0 Å². The Kier molecular flexibility index (Phi) is 4.20. The third-order valence-electron chi connectivity index (χ3n) is 2.92. The molecule has 0 aliphatic carbocycles. The molecule has 0 radical (unpaired) electrons. The zero-order valence-electron chi connectivity index (χ0n) is 10.6. The molecule has 2 aromatic carbocycles. The number of para-hydroxylation sites is 2. The molecule has 0 heterocycles. The average Bonchev–Trinajstić information content (AvgIpc) is 2.42. The second-order valence-corrected chi connectivity index (χ2v) is 4.72. The van der Waals surface area contributed by atoms with Crippen LogP contribution in [-0.4, -0.2) is 4.92 Å². The summed E-state index contributed by atoms with van der Waals surface area (Å²) in [6, 6.07) is 10.5. The van der Waals surface area contributed by atoms with Crippen molar-refractivity contribution in [3.8, 4) is 0 Å². The van der Waals surface area contributed by atoms with Gasteiger partial charge in [0.2, 0.25) is 0 Å². The standard InChI is InChI=1S/C14H12ClFN2O2/c1-9(10-6-7-11(15)12(16)8-10)17-13-4-2-3-5-14(13)18(19)20/h2-9,17H,1H3. The van der Waals surface area contributed by atoms with Gasteiger partial charge in [-0.05, 0) is 30.7 Å². The Morgan fingerprint density at radius 3 is 2.65 bits per heavy atom. The molecule has 4 nitrogen and oxygen atoms in total. The first kappa shape index (κ1) is 14.3. The molecule has 1 atom stereocenters. The van der Waals surface area contributed by atoms with Gasteiger partial charge in [0.25, 0.3) is 5.69 Å². The molecule has 2 rings (SSSR count). The van der Waals surface area contributed by atoms with Crippen LogP contribution in [0.4, 0.5) is 15.8 Å². The highest BCUT2D eigenvalue weighted by molar-refractivity contribution is 6.30. The van der Waals surface area contributed by atoms with Crippen molar-refractivity contribution in [3.63, 3.8) is 0 Å². The fraction of sp³-hybridized carbons (Fsp3) is 0.143. The summed E-state index contributed by atoms with van der Waals surface area (Å²) in [6.07, 6.45) is 0. The SMILES string of the molecule is CC(Nc1ccccc1[N+](=O)[O-])c1ccc(Cl)c(F)c1. The molecule has 1 N–H and O–H groups in total. The van der Waals surface area contributed by atoms with Gasteiger partial charge in [0.1, 0.15) is 11.5 Å². The molecule has 104 valence electrons. The largest absolute Gasteiger partial charge is 0.373 e. The number of halogens is 2.